The fourth-order valence-corrected chi connectivity index (χ4v) is 1.08. The molecule has 0 heterocycles. The Kier molecular flexibility index (Phi) is 4.45. The largest absolute Gasteiger partial charge is 0.392 e. The van der Waals surface area contributed by atoms with Crippen LogP contribution in [0.5, 0.6) is 0 Å². The molecular formula is C11H10ClFO. The highest BCUT2D eigenvalue weighted by atomic mass is 35.5. The number of alkyl halides is 1. The van der Waals surface area contributed by atoms with E-state index in [-0.39, 0.29) is 12.2 Å². The zero-order chi connectivity index (χ0) is 10.4. The predicted octanol–water partition coefficient (Wildman–Crippen LogP) is 2.30. The molecule has 0 aromatic heterocycles. The summed E-state index contributed by atoms with van der Waals surface area (Å²) >= 11 is 5.45. The van der Waals surface area contributed by atoms with Crippen molar-refractivity contribution in [3.05, 3.63) is 35.1 Å². The molecule has 74 valence electrons. The Morgan fingerprint density at radius 1 is 1.43 bits per heavy atom. The fraction of sp³-hybridized carbons (Fsp3) is 0.273. The number of aliphatic hydroxyl groups is 1. The number of aliphatic hydroxyl groups excluding tert-OH is 1. The molecule has 0 aliphatic carbocycles. The molecule has 0 aliphatic rings. The summed E-state index contributed by atoms with van der Waals surface area (Å²) in [5.41, 5.74) is 0.961. The number of hydrogen-bond donors (Lipinski definition) is 1. The molecule has 0 unspecified atom stereocenters. The van der Waals surface area contributed by atoms with E-state index in [0.29, 0.717) is 17.9 Å². The molecule has 0 radical (unpaired) electrons. The van der Waals surface area contributed by atoms with Crippen LogP contribution in [0.1, 0.15) is 17.5 Å². The van der Waals surface area contributed by atoms with Crippen molar-refractivity contribution in [2.45, 2.75) is 13.0 Å². The topological polar surface area (TPSA) is 20.2 Å². The SMILES string of the molecule is OCc1cc(C#CCCCl)ccc1F. The normalized spacial score (nSPS) is 9.36. The van der Waals surface area contributed by atoms with Gasteiger partial charge in [0.1, 0.15) is 5.82 Å². The predicted molar refractivity (Wildman–Crippen MR) is 54.5 cm³/mol. The molecule has 0 fully saturated rings. The van der Waals surface area contributed by atoms with Gasteiger partial charge in [0.25, 0.3) is 0 Å². The maximum absolute atomic E-state index is 12.9. The van der Waals surface area contributed by atoms with Crippen LogP contribution >= 0.6 is 11.6 Å². The van der Waals surface area contributed by atoms with Gasteiger partial charge in [-0.1, -0.05) is 11.8 Å². The first-order valence-electron chi connectivity index (χ1n) is 4.22. The van der Waals surface area contributed by atoms with Gasteiger partial charge in [-0.05, 0) is 18.2 Å². The summed E-state index contributed by atoms with van der Waals surface area (Å²) in [5.74, 6) is 5.75. The van der Waals surface area contributed by atoms with Gasteiger partial charge in [0, 0.05) is 23.4 Å². The molecule has 1 aromatic rings. The first-order valence-corrected chi connectivity index (χ1v) is 4.75. The van der Waals surface area contributed by atoms with Gasteiger partial charge < -0.3 is 5.11 Å². The van der Waals surface area contributed by atoms with Crippen LogP contribution < -0.4 is 0 Å². The zero-order valence-electron chi connectivity index (χ0n) is 7.56. The van der Waals surface area contributed by atoms with Crippen molar-refractivity contribution in [3.63, 3.8) is 0 Å². The minimum Gasteiger partial charge on any atom is -0.392 e. The van der Waals surface area contributed by atoms with E-state index in [1.54, 1.807) is 6.07 Å². The molecular weight excluding hydrogens is 203 g/mol. The second-order valence-electron chi connectivity index (χ2n) is 2.71. The van der Waals surface area contributed by atoms with Gasteiger partial charge in [-0.25, -0.2) is 4.39 Å². The van der Waals surface area contributed by atoms with E-state index in [0.717, 1.165) is 0 Å². The van der Waals surface area contributed by atoms with Gasteiger partial charge in [0.05, 0.1) is 6.61 Å². The van der Waals surface area contributed by atoms with Crippen molar-refractivity contribution in [2.24, 2.45) is 0 Å². The van der Waals surface area contributed by atoms with Crippen molar-refractivity contribution >= 4 is 11.6 Å². The lowest BCUT2D eigenvalue weighted by molar-refractivity contribution is 0.275. The molecule has 0 spiro atoms. The van der Waals surface area contributed by atoms with E-state index in [1.165, 1.54) is 12.1 Å². The highest BCUT2D eigenvalue weighted by molar-refractivity contribution is 6.18. The lowest BCUT2D eigenvalue weighted by atomic mass is 10.1. The Morgan fingerprint density at radius 3 is 2.86 bits per heavy atom. The fourth-order valence-electron chi connectivity index (χ4n) is 0.985. The Labute approximate surface area is 87.5 Å². The molecule has 1 aromatic carbocycles. The number of benzene rings is 1. The van der Waals surface area contributed by atoms with E-state index < -0.39 is 5.82 Å². The van der Waals surface area contributed by atoms with Gasteiger partial charge in [-0.15, -0.1) is 11.6 Å². The zero-order valence-corrected chi connectivity index (χ0v) is 8.31. The maximum Gasteiger partial charge on any atom is 0.128 e. The minimum atomic E-state index is -0.407. The van der Waals surface area contributed by atoms with E-state index in [4.69, 9.17) is 16.7 Å². The third-order valence-corrected chi connectivity index (χ3v) is 1.86. The maximum atomic E-state index is 12.9. The van der Waals surface area contributed by atoms with Gasteiger partial charge in [-0.3, -0.25) is 0 Å². The Balaban J connectivity index is 2.86. The van der Waals surface area contributed by atoms with Crippen molar-refractivity contribution < 1.29 is 9.50 Å². The molecule has 0 saturated carbocycles. The number of hydrogen-bond acceptors (Lipinski definition) is 1. The van der Waals surface area contributed by atoms with E-state index in [2.05, 4.69) is 11.8 Å². The van der Waals surface area contributed by atoms with Gasteiger partial charge in [0.2, 0.25) is 0 Å². The third-order valence-electron chi connectivity index (χ3n) is 1.67. The second kappa shape index (κ2) is 5.64. The van der Waals surface area contributed by atoms with Crippen LogP contribution in [0.3, 0.4) is 0 Å². The van der Waals surface area contributed by atoms with Crippen LogP contribution in [-0.4, -0.2) is 11.0 Å². The summed E-state index contributed by atoms with van der Waals surface area (Å²) < 4.78 is 12.9. The van der Waals surface area contributed by atoms with Crippen LogP contribution in [0, 0.1) is 17.7 Å². The highest BCUT2D eigenvalue weighted by Gasteiger charge is 2.00. The van der Waals surface area contributed by atoms with Crippen LogP contribution in [0.4, 0.5) is 4.39 Å². The van der Waals surface area contributed by atoms with Gasteiger partial charge in [0.15, 0.2) is 0 Å². The summed E-state index contributed by atoms with van der Waals surface area (Å²) in [6.45, 7) is -0.309. The summed E-state index contributed by atoms with van der Waals surface area (Å²) in [6.07, 6.45) is 0.605. The van der Waals surface area contributed by atoms with Gasteiger partial charge in [-0.2, -0.15) is 0 Å². The second-order valence-corrected chi connectivity index (χ2v) is 3.08. The number of halogens is 2. The lowest BCUT2D eigenvalue weighted by Gasteiger charge is -1.98. The van der Waals surface area contributed by atoms with Crippen molar-refractivity contribution in [1.29, 1.82) is 0 Å². The molecule has 0 atom stereocenters. The van der Waals surface area contributed by atoms with Crippen LogP contribution in [0.2, 0.25) is 0 Å². The summed E-state index contributed by atoms with van der Waals surface area (Å²) in [4.78, 5) is 0. The summed E-state index contributed by atoms with van der Waals surface area (Å²) in [6, 6.07) is 4.42. The highest BCUT2D eigenvalue weighted by Crippen LogP contribution is 2.09. The molecule has 1 rings (SSSR count). The van der Waals surface area contributed by atoms with Crippen LogP contribution in [0.15, 0.2) is 18.2 Å². The first-order chi connectivity index (χ1) is 6.77. The van der Waals surface area contributed by atoms with E-state index >= 15 is 0 Å². The van der Waals surface area contributed by atoms with Crippen molar-refractivity contribution in [3.8, 4) is 11.8 Å². The Morgan fingerprint density at radius 2 is 2.21 bits per heavy atom. The minimum absolute atomic E-state index is 0.266. The molecule has 3 heteroatoms. The average molecular weight is 213 g/mol. The Bertz CT molecular complexity index is 365. The summed E-state index contributed by atoms with van der Waals surface area (Å²) in [5, 5.41) is 8.81. The van der Waals surface area contributed by atoms with E-state index in [1.807, 2.05) is 0 Å². The average Bonchev–Trinajstić information content (AvgIpc) is 2.21. The van der Waals surface area contributed by atoms with Crippen LogP contribution in [0.25, 0.3) is 0 Å². The number of rotatable bonds is 2. The van der Waals surface area contributed by atoms with Crippen LogP contribution in [-0.2, 0) is 6.61 Å². The first kappa shape index (κ1) is 11.0. The molecule has 0 saturated heterocycles. The van der Waals surface area contributed by atoms with E-state index in [9.17, 15) is 4.39 Å². The molecule has 0 bridgehead atoms. The summed E-state index contributed by atoms with van der Waals surface area (Å²) in [7, 11) is 0. The van der Waals surface area contributed by atoms with Gasteiger partial charge >= 0.3 is 0 Å². The lowest BCUT2D eigenvalue weighted by Crippen LogP contribution is -1.90. The molecule has 0 amide bonds. The standard InChI is InChI=1S/C11H10ClFO/c12-6-2-1-3-9-4-5-11(13)10(7-9)8-14/h4-5,7,14H,2,6,8H2. The quantitative estimate of drug-likeness (QED) is 0.589. The third kappa shape index (κ3) is 3.02. The smallest absolute Gasteiger partial charge is 0.128 e. The Hall–Kier alpha value is -1.04. The molecule has 0 aliphatic heterocycles. The molecule has 1 nitrogen and oxygen atoms in total. The van der Waals surface area contributed by atoms with Crippen molar-refractivity contribution in [2.75, 3.05) is 5.88 Å². The van der Waals surface area contributed by atoms with Crippen molar-refractivity contribution in [1.82, 2.24) is 0 Å². The molecule has 14 heavy (non-hydrogen) atoms. The monoisotopic (exact) mass is 212 g/mol. The molecule has 1 N–H and O–H groups in total.